The average Bonchev–Trinajstić information content (AvgIpc) is 2.71. The molecule has 7 nitrogen and oxygen atoms in total. The van der Waals surface area contributed by atoms with E-state index in [2.05, 4.69) is 4.74 Å². The molecule has 0 aliphatic carbocycles. The molecule has 1 aromatic carbocycles. The molecule has 1 amide bonds. The maximum Gasteiger partial charge on any atom is 0.302 e. The second kappa shape index (κ2) is 10.6. The average molecular weight is 338 g/mol. The summed E-state index contributed by atoms with van der Waals surface area (Å²) < 4.78 is 9.43. The summed E-state index contributed by atoms with van der Waals surface area (Å²) in [6.07, 6.45) is 1.24. The van der Waals surface area contributed by atoms with Gasteiger partial charge in [0, 0.05) is 33.0 Å². The third kappa shape index (κ3) is 6.97. The van der Waals surface area contributed by atoms with Crippen molar-refractivity contribution in [3.8, 4) is 5.75 Å². The molecule has 7 heteroatoms. The van der Waals surface area contributed by atoms with Crippen LogP contribution in [0.2, 0.25) is 0 Å². The van der Waals surface area contributed by atoms with Crippen molar-refractivity contribution in [3.63, 3.8) is 0 Å². The number of methoxy groups -OCH3 is 1. The number of phenols is 1. The van der Waals surface area contributed by atoms with Crippen LogP contribution in [-0.4, -0.2) is 55.3 Å². The van der Waals surface area contributed by atoms with Gasteiger partial charge in [-0.25, -0.2) is 0 Å². The Balaban J connectivity index is 0.000000505. The molecule has 1 aromatic rings. The van der Waals surface area contributed by atoms with Crippen molar-refractivity contribution in [1.82, 2.24) is 4.90 Å². The highest BCUT2D eigenvalue weighted by atomic mass is 16.5. The third-order valence-corrected chi connectivity index (χ3v) is 3.57. The van der Waals surface area contributed by atoms with Crippen LogP contribution in [0.4, 0.5) is 0 Å². The minimum Gasteiger partial charge on any atom is -0.508 e. The minimum atomic E-state index is -0.245. The number of benzene rings is 1. The zero-order valence-corrected chi connectivity index (χ0v) is 14.3. The molecule has 0 unspecified atom stereocenters. The van der Waals surface area contributed by atoms with Crippen molar-refractivity contribution in [2.24, 2.45) is 5.73 Å². The molecule has 0 fully saturated rings. The largest absolute Gasteiger partial charge is 0.508 e. The highest BCUT2D eigenvalue weighted by Crippen LogP contribution is 2.23. The van der Waals surface area contributed by atoms with Gasteiger partial charge < -0.3 is 25.2 Å². The van der Waals surface area contributed by atoms with Gasteiger partial charge in [0.2, 0.25) is 5.91 Å². The number of carbonyl (C=O) groups is 2. The van der Waals surface area contributed by atoms with E-state index in [1.54, 1.807) is 17.0 Å². The molecule has 1 heterocycles. The van der Waals surface area contributed by atoms with Gasteiger partial charge in [0.25, 0.3) is 0 Å². The van der Waals surface area contributed by atoms with Crippen molar-refractivity contribution in [2.75, 3.05) is 33.4 Å². The predicted molar refractivity (Wildman–Crippen MR) is 89.4 cm³/mol. The van der Waals surface area contributed by atoms with E-state index in [4.69, 9.17) is 10.5 Å². The van der Waals surface area contributed by atoms with Gasteiger partial charge in [-0.05, 0) is 29.7 Å². The number of fused-ring (bicyclic) bond motifs is 1. The lowest BCUT2D eigenvalue weighted by molar-refractivity contribution is -0.138. The standard InChI is InChI=1S/C14H20N2O3.C3H6O2/c15-5-7-19-8-6-16-10-12-9-13(17)3-1-11(12)2-4-14(16)18;1-3(4)5-2/h1,3,9,17H,2,4-8,10,15H2;1-2H3. The van der Waals surface area contributed by atoms with Crippen molar-refractivity contribution >= 4 is 11.9 Å². The molecule has 3 N–H and O–H groups in total. The summed E-state index contributed by atoms with van der Waals surface area (Å²) in [5, 5.41) is 9.54. The van der Waals surface area contributed by atoms with E-state index in [0.717, 1.165) is 17.5 Å². The van der Waals surface area contributed by atoms with Crippen LogP contribution in [-0.2, 0) is 32.0 Å². The second-order valence-corrected chi connectivity index (χ2v) is 5.37. The molecule has 1 aliphatic heterocycles. The fourth-order valence-electron chi connectivity index (χ4n) is 2.26. The van der Waals surface area contributed by atoms with Crippen LogP contribution in [0.3, 0.4) is 0 Å². The maximum atomic E-state index is 12.0. The van der Waals surface area contributed by atoms with Crippen LogP contribution in [0.1, 0.15) is 24.5 Å². The zero-order chi connectivity index (χ0) is 17.9. The molecule has 1 aliphatic rings. The SMILES string of the molecule is COC(C)=O.NCCOCCN1Cc2cc(O)ccc2CCC1=O. The first kappa shape index (κ1) is 19.9. The normalized spacial score (nSPS) is 13.5. The van der Waals surface area contributed by atoms with Gasteiger partial charge in [0.1, 0.15) is 5.75 Å². The smallest absolute Gasteiger partial charge is 0.302 e. The van der Waals surface area contributed by atoms with Crippen LogP contribution in [0.25, 0.3) is 0 Å². The van der Waals surface area contributed by atoms with Gasteiger partial charge in [-0.3, -0.25) is 9.59 Å². The first-order valence-electron chi connectivity index (χ1n) is 7.88. The number of hydrogen-bond donors (Lipinski definition) is 2. The lowest BCUT2D eigenvalue weighted by atomic mass is 10.0. The number of phenolic OH excluding ortho intramolecular Hbond substituents is 1. The lowest BCUT2D eigenvalue weighted by Crippen LogP contribution is -2.32. The molecule has 0 bridgehead atoms. The fraction of sp³-hybridized carbons (Fsp3) is 0.529. The van der Waals surface area contributed by atoms with E-state index in [0.29, 0.717) is 39.3 Å². The summed E-state index contributed by atoms with van der Waals surface area (Å²) in [4.78, 5) is 23.4. The van der Waals surface area contributed by atoms with Crippen LogP contribution in [0, 0.1) is 0 Å². The number of esters is 1. The molecule has 0 saturated carbocycles. The van der Waals surface area contributed by atoms with Gasteiger partial charge in [0.15, 0.2) is 0 Å². The summed E-state index contributed by atoms with van der Waals surface area (Å²) in [5.74, 6) is 0.129. The van der Waals surface area contributed by atoms with E-state index in [1.807, 2.05) is 6.07 Å². The summed E-state index contributed by atoms with van der Waals surface area (Å²) in [6.45, 7) is 3.96. The highest BCUT2D eigenvalue weighted by Gasteiger charge is 2.20. The third-order valence-electron chi connectivity index (χ3n) is 3.57. The molecule has 0 radical (unpaired) electrons. The number of aromatic hydroxyl groups is 1. The Hall–Kier alpha value is -2.12. The van der Waals surface area contributed by atoms with Gasteiger partial charge in [-0.15, -0.1) is 0 Å². The molecular weight excluding hydrogens is 312 g/mol. The van der Waals surface area contributed by atoms with E-state index in [-0.39, 0.29) is 17.6 Å². The van der Waals surface area contributed by atoms with Gasteiger partial charge in [0.05, 0.1) is 20.3 Å². The van der Waals surface area contributed by atoms with Crippen molar-refractivity contribution in [1.29, 1.82) is 0 Å². The van der Waals surface area contributed by atoms with E-state index >= 15 is 0 Å². The zero-order valence-electron chi connectivity index (χ0n) is 14.3. The second-order valence-electron chi connectivity index (χ2n) is 5.37. The number of aryl methyl sites for hydroxylation is 1. The Kier molecular flexibility index (Phi) is 8.81. The van der Waals surface area contributed by atoms with E-state index in [1.165, 1.54) is 14.0 Å². The Morgan fingerprint density at radius 2 is 2.00 bits per heavy atom. The van der Waals surface area contributed by atoms with Crippen LogP contribution >= 0.6 is 0 Å². The highest BCUT2D eigenvalue weighted by molar-refractivity contribution is 5.77. The molecule has 24 heavy (non-hydrogen) atoms. The van der Waals surface area contributed by atoms with Crippen LogP contribution in [0.5, 0.6) is 5.75 Å². The summed E-state index contributed by atoms with van der Waals surface area (Å²) in [5.41, 5.74) is 7.50. The minimum absolute atomic E-state index is 0.132. The Morgan fingerprint density at radius 1 is 1.29 bits per heavy atom. The number of hydrogen-bond acceptors (Lipinski definition) is 6. The monoisotopic (exact) mass is 338 g/mol. The number of nitrogens with zero attached hydrogens (tertiary/aromatic N) is 1. The van der Waals surface area contributed by atoms with Gasteiger partial charge in [-0.2, -0.15) is 0 Å². The summed E-state index contributed by atoms with van der Waals surface area (Å²) in [6, 6.07) is 5.30. The number of rotatable bonds is 5. The summed E-state index contributed by atoms with van der Waals surface area (Å²) in [7, 11) is 1.35. The molecular formula is C17H26N2O5. The molecule has 2 rings (SSSR count). The van der Waals surface area contributed by atoms with Crippen molar-refractivity contribution in [2.45, 2.75) is 26.3 Å². The lowest BCUT2D eigenvalue weighted by Gasteiger charge is -2.21. The quantitative estimate of drug-likeness (QED) is 0.609. The first-order chi connectivity index (χ1) is 11.5. The Bertz CT molecular complexity index is 548. The Labute approximate surface area is 142 Å². The molecule has 0 atom stereocenters. The van der Waals surface area contributed by atoms with E-state index < -0.39 is 0 Å². The number of carbonyl (C=O) groups excluding carboxylic acids is 2. The topological polar surface area (TPSA) is 102 Å². The van der Waals surface area contributed by atoms with E-state index in [9.17, 15) is 14.7 Å². The predicted octanol–water partition coefficient (Wildman–Crippen LogP) is 0.822. The Morgan fingerprint density at radius 3 is 2.62 bits per heavy atom. The van der Waals surface area contributed by atoms with Crippen LogP contribution in [0.15, 0.2) is 18.2 Å². The maximum absolute atomic E-state index is 12.0. The molecule has 0 spiro atoms. The van der Waals surface area contributed by atoms with Crippen molar-refractivity contribution < 1.29 is 24.2 Å². The van der Waals surface area contributed by atoms with Crippen LogP contribution < -0.4 is 5.73 Å². The molecule has 0 aromatic heterocycles. The van der Waals surface area contributed by atoms with Gasteiger partial charge in [-0.1, -0.05) is 6.07 Å². The molecule has 0 saturated heterocycles. The molecule has 134 valence electrons. The summed E-state index contributed by atoms with van der Waals surface area (Å²) >= 11 is 0. The number of amides is 1. The fourth-order valence-corrected chi connectivity index (χ4v) is 2.26. The first-order valence-corrected chi connectivity index (χ1v) is 7.88. The number of ether oxygens (including phenoxy) is 2. The van der Waals surface area contributed by atoms with Gasteiger partial charge >= 0.3 is 5.97 Å². The van der Waals surface area contributed by atoms with Crippen molar-refractivity contribution in [3.05, 3.63) is 29.3 Å². The number of nitrogens with two attached hydrogens (primary N) is 1.